The van der Waals surface area contributed by atoms with Crippen LogP contribution in [0.15, 0.2) is 0 Å². The molecular formula is C10H15N3O4. The summed E-state index contributed by atoms with van der Waals surface area (Å²) in [6.45, 7) is 1.82. The standard InChI is InChI=1S/C10H15N3O4/c1-5-9(16)12-8(15)4-13(5)10(17)7-2-6(14)3-11-7/h5-7,11,14H,2-4H2,1H3,(H,12,15,16). The second-order valence-corrected chi connectivity index (χ2v) is 4.40. The van der Waals surface area contributed by atoms with E-state index in [1.54, 1.807) is 6.92 Å². The van der Waals surface area contributed by atoms with Crippen molar-refractivity contribution < 1.29 is 19.5 Å². The molecule has 0 radical (unpaired) electrons. The zero-order valence-corrected chi connectivity index (χ0v) is 9.47. The van der Waals surface area contributed by atoms with Gasteiger partial charge >= 0.3 is 0 Å². The maximum atomic E-state index is 12.1. The highest BCUT2D eigenvalue weighted by Gasteiger charge is 2.38. The van der Waals surface area contributed by atoms with Gasteiger partial charge < -0.3 is 15.3 Å². The number of aliphatic hydroxyl groups excluding tert-OH is 1. The molecule has 0 bridgehead atoms. The van der Waals surface area contributed by atoms with Crippen LogP contribution in [0.25, 0.3) is 0 Å². The van der Waals surface area contributed by atoms with E-state index in [0.29, 0.717) is 13.0 Å². The predicted octanol–water partition coefficient (Wildman–Crippen LogP) is -2.42. The number of imide groups is 1. The Morgan fingerprint density at radius 3 is 2.76 bits per heavy atom. The molecule has 3 unspecified atom stereocenters. The monoisotopic (exact) mass is 241 g/mol. The number of hydrogen-bond acceptors (Lipinski definition) is 5. The van der Waals surface area contributed by atoms with Crippen molar-refractivity contribution in [3.05, 3.63) is 0 Å². The lowest BCUT2D eigenvalue weighted by Crippen LogP contribution is -2.61. The van der Waals surface area contributed by atoms with E-state index in [9.17, 15) is 19.5 Å². The Hall–Kier alpha value is -1.47. The van der Waals surface area contributed by atoms with Crippen LogP contribution in [0, 0.1) is 0 Å². The third-order valence-corrected chi connectivity index (χ3v) is 3.11. The van der Waals surface area contributed by atoms with E-state index < -0.39 is 30.0 Å². The molecule has 2 heterocycles. The van der Waals surface area contributed by atoms with E-state index in [4.69, 9.17) is 0 Å². The van der Waals surface area contributed by atoms with E-state index in [1.807, 2.05) is 0 Å². The zero-order valence-electron chi connectivity index (χ0n) is 9.47. The third-order valence-electron chi connectivity index (χ3n) is 3.11. The molecule has 2 fully saturated rings. The fraction of sp³-hybridized carbons (Fsp3) is 0.700. The molecule has 94 valence electrons. The van der Waals surface area contributed by atoms with Gasteiger partial charge in [-0.2, -0.15) is 0 Å². The molecule has 0 aromatic carbocycles. The minimum absolute atomic E-state index is 0.111. The Kier molecular flexibility index (Phi) is 3.12. The third kappa shape index (κ3) is 2.29. The number of nitrogens with one attached hydrogen (secondary N) is 2. The van der Waals surface area contributed by atoms with E-state index >= 15 is 0 Å². The van der Waals surface area contributed by atoms with Gasteiger partial charge in [-0.1, -0.05) is 0 Å². The number of aliphatic hydroxyl groups is 1. The molecular weight excluding hydrogens is 226 g/mol. The molecule has 3 amide bonds. The lowest BCUT2D eigenvalue weighted by atomic mass is 10.1. The molecule has 2 aliphatic rings. The van der Waals surface area contributed by atoms with Crippen molar-refractivity contribution in [2.24, 2.45) is 0 Å². The SMILES string of the molecule is CC1C(=O)NC(=O)CN1C(=O)C1CC(O)CN1. The Bertz CT molecular complexity index is 371. The fourth-order valence-corrected chi connectivity index (χ4v) is 2.09. The van der Waals surface area contributed by atoms with Crippen LogP contribution in [0.1, 0.15) is 13.3 Å². The summed E-state index contributed by atoms with van der Waals surface area (Å²) in [5.74, 6) is -1.25. The normalized spacial score (nSPS) is 33.8. The average molecular weight is 241 g/mol. The molecule has 3 atom stereocenters. The summed E-state index contributed by atoms with van der Waals surface area (Å²) in [5, 5.41) is 14.4. The van der Waals surface area contributed by atoms with Crippen molar-refractivity contribution in [3.63, 3.8) is 0 Å². The minimum Gasteiger partial charge on any atom is -0.392 e. The van der Waals surface area contributed by atoms with Crippen molar-refractivity contribution >= 4 is 17.7 Å². The van der Waals surface area contributed by atoms with Gasteiger partial charge in [0.05, 0.1) is 12.1 Å². The number of rotatable bonds is 1. The van der Waals surface area contributed by atoms with Crippen LogP contribution in [0.4, 0.5) is 0 Å². The second-order valence-electron chi connectivity index (χ2n) is 4.40. The van der Waals surface area contributed by atoms with Gasteiger partial charge in [-0.15, -0.1) is 0 Å². The quantitative estimate of drug-likeness (QED) is 0.444. The van der Waals surface area contributed by atoms with E-state index in [0.717, 1.165) is 0 Å². The highest BCUT2D eigenvalue weighted by atomic mass is 16.3. The molecule has 2 saturated heterocycles. The molecule has 2 rings (SSSR count). The Labute approximate surface area is 98.2 Å². The van der Waals surface area contributed by atoms with Gasteiger partial charge in [-0.3, -0.25) is 19.7 Å². The number of piperazine rings is 1. The lowest BCUT2D eigenvalue weighted by Gasteiger charge is -2.33. The van der Waals surface area contributed by atoms with Gasteiger partial charge in [0.1, 0.15) is 12.6 Å². The Balaban J connectivity index is 2.07. The molecule has 7 nitrogen and oxygen atoms in total. The average Bonchev–Trinajstić information content (AvgIpc) is 2.69. The van der Waals surface area contributed by atoms with Crippen molar-refractivity contribution in [1.29, 1.82) is 0 Å². The molecule has 0 saturated carbocycles. The van der Waals surface area contributed by atoms with Crippen LogP contribution in [0.5, 0.6) is 0 Å². The summed E-state index contributed by atoms with van der Waals surface area (Å²) in [5.41, 5.74) is 0. The molecule has 2 aliphatic heterocycles. The Morgan fingerprint density at radius 2 is 2.18 bits per heavy atom. The number of carbonyl (C=O) groups is 3. The van der Waals surface area contributed by atoms with E-state index in [-0.39, 0.29) is 12.5 Å². The van der Waals surface area contributed by atoms with E-state index in [2.05, 4.69) is 10.6 Å². The first kappa shape index (κ1) is 12.0. The van der Waals surface area contributed by atoms with Crippen molar-refractivity contribution in [3.8, 4) is 0 Å². The van der Waals surface area contributed by atoms with Gasteiger partial charge in [-0.25, -0.2) is 0 Å². The molecule has 3 N–H and O–H groups in total. The minimum atomic E-state index is -0.653. The van der Waals surface area contributed by atoms with Crippen LogP contribution < -0.4 is 10.6 Å². The van der Waals surface area contributed by atoms with Gasteiger partial charge in [0, 0.05) is 6.54 Å². The first-order valence-electron chi connectivity index (χ1n) is 5.54. The number of carbonyl (C=O) groups excluding carboxylic acids is 3. The van der Waals surface area contributed by atoms with Gasteiger partial charge in [-0.05, 0) is 13.3 Å². The van der Waals surface area contributed by atoms with Gasteiger partial charge in [0.2, 0.25) is 17.7 Å². The summed E-state index contributed by atoms with van der Waals surface area (Å²) in [7, 11) is 0. The molecule has 17 heavy (non-hydrogen) atoms. The first-order chi connectivity index (χ1) is 7.99. The summed E-state index contributed by atoms with van der Waals surface area (Å²) in [6, 6.07) is -1.16. The summed E-state index contributed by atoms with van der Waals surface area (Å²) in [4.78, 5) is 35.9. The number of nitrogens with zero attached hydrogens (tertiary/aromatic N) is 1. The highest BCUT2D eigenvalue weighted by molar-refractivity contribution is 6.04. The van der Waals surface area contributed by atoms with Crippen LogP contribution in [0.3, 0.4) is 0 Å². The summed E-state index contributed by atoms with van der Waals surface area (Å²) >= 11 is 0. The largest absolute Gasteiger partial charge is 0.392 e. The molecule has 0 aromatic rings. The van der Waals surface area contributed by atoms with Crippen LogP contribution in [0.2, 0.25) is 0 Å². The molecule has 0 aromatic heterocycles. The molecule has 0 aliphatic carbocycles. The second kappa shape index (κ2) is 4.42. The number of hydrogen-bond donors (Lipinski definition) is 3. The smallest absolute Gasteiger partial charge is 0.249 e. The maximum Gasteiger partial charge on any atom is 0.249 e. The van der Waals surface area contributed by atoms with Crippen LogP contribution in [-0.4, -0.2) is 59.0 Å². The lowest BCUT2D eigenvalue weighted by molar-refractivity contribution is -0.150. The number of amides is 3. The topological polar surface area (TPSA) is 98.7 Å². The fourth-order valence-electron chi connectivity index (χ4n) is 2.09. The van der Waals surface area contributed by atoms with Gasteiger partial charge in [0.15, 0.2) is 0 Å². The first-order valence-corrected chi connectivity index (χ1v) is 5.54. The molecule has 0 spiro atoms. The van der Waals surface area contributed by atoms with E-state index in [1.165, 1.54) is 4.90 Å². The van der Waals surface area contributed by atoms with Crippen molar-refractivity contribution in [2.45, 2.75) is 31.5 Å². The van der Waals surface area contributed by atoms with Crippen molar-refractivity contribution in [2.75, 3.05) is 13.1 Å². The van der Waals surface area contributed by atoms with Crippen molar-refractivity contribution in [1.82, 2.24) is 15.5 Å². The predicted molar refractivity (Wildman–Crippen MR) is 56.7 cm³/mol. The summed E-state index contributed by atoms with van der Waals surface area (Å²) in [6.07, 6.45) is -0.230. The number of β-amino-alcohol motifs (C(OH)–C–C–N with tert-alkyl or cyclic N) is 1. The Morgan fingerprint density at radius 1 is 1.47 bits per heavy atom. The van der Waals surface area contributed by atoms with Crippen LogP contribution >= 0.6 is 0 Å². The van der Waals surface area contributed by atoms with Crippen LogP contribution in [-0.2, 0) is 14.4 Å². The van der Waals surface area contributed by atoms with Gasteiger partial charge in [0.25, 0.3) is 0 Å². The summed E-state index contributed by atoms with van der Waals surface area (Å²) < 4.78 is 0. The molecule has 7 heteroatoms. The maximum absolute atomic E-state index is 12.1. The zero-order chi connectivity index (χ0) is 12.6. The highest BCUT2D eigenvalue weighted by Crippen LogP contribution is 2.13.